The second-order valence-corrected chi connectivity index (χ2v) is 7.18. The van der Waals surface area contributed by atoms with Crippen LogP contribution in [0.3, 0.4) is 0 Å². The number of carbonyl (C=O) groups excluding carboxylic acids is 1. The highest BCUT2D eigenvalue weighted by Gasteiger charge is 2.27. The summed E-state index contributed by atoms with van der Waals surface area (Å²) in [4.78, 5) is 14.7. The molecule has 1 heterocycles. The molecule has 5 nitrogen and oxygen atoms in total. The van der Waals surface area contributed by atoms with Crippen LogP contribution in [0, 0.1) is 12.8 Å². The van der Waals surface area contributed by atoms with Crippen LogP contribution in [0.1, 0.15) is 18.4 Å². The number of aryl methyl sites for hydroxylation is 1. The van der Waals surface area contributed by atoms with Crippen molar-refractivity contribution in [1.82, 2.24) is 4.90 Å². The van der Waals surface area contributed by atoms with Crippen molar-refractivity contribution >= 4 is 11.6 Å². The van der Waals surface area contributed by atoms with Gasteiger partial charge in [0.2, 0.25) is 5.91 Å². The number of para-hydroxylation sites is 2. The van der Waals surface area contributed by atoms with Crippen molar-refractivity contribution in [3.8, 4) is 5.75 Å². The highest BCUT2D eigenvalue weighted by Crippen LogP contribution is 2.20. The highest BCUT2D eigenvalue weighted by atomic mass is 16.5. The molecule has 2 atom stereocenters. The van der Waals surface area contributed by atoms with Crippen molar-refractivity contribution in [2.45, 2.75) is 25.9 Å². The average Bonchev–Trinajstić information content (AvgIpc) is 2.68. The number of amides is 1. The van der Waals surface area contributed by atoms with Gasteiger partial charge in [0.1, 0.15) is 18.5 Å². The Morgan fingerprint density at radius 2 is 1.96 bits per heavy atom. The summed E-state index contributed by atoms with van der Waals surface area (Å²) < 4.78 is 5.74. The molecular formula is C22H28N2O3. The number of aliphatic hydroxyl groups excluding tert-OH is 1. The predicted molar refractivity (Wildman–Crippen MR) is 107 cm³/mol. The summed E-state index contributed by atoms with van der Waals surface area (Å²) in [5.74, 6) is 0.801. The van der Waals surface area contributed by atoms with Crippen LogP contribution >= 0.6 is 0 Å². The summed E-state index contributed by atoms with van der Waals surface area (Å²) in [5.41, 5.74) is 1.88. The summed E-state index contributed by atoms with van der Waals surface area (Å²) in [6.45, 7) is 4.32. The first-order chi connectivity index (χ1) is 13.1. The molecule has 27 heavy (non-hydrogen) atoms. The first kappa shape index (κ1) is 19.4. The topological polar surface area (TPSA) is 61.8 Å². The van der Waals surface area contributed by atoms with Gasteiger partial charge in [0.25, 0.3) is 0 Å². The van der Waals surface area contributed by atoms with Crippen LogP contribution in [-0.4, -0.2) is 48.3 Å². The summed E-state index contributed by atoms with van der Waals surface area (Å²) in [6.07, 6.45) is 1.25. The summed E-state index contributed by atoms with van der Waals surface area (Å²) in [7, 11) is 0. The van der Waals surface area contributed by atoms with E-state index in [4.69, 9.17) is 4.74 Å². The van der Waals surface area contributed by atoms with Crippen LogP contribution in [0.25, 0.3) is 0 Å². The van der Waals surface area contributed by atoms with E-state index < -0.39 is 6.10 Å². The largest absolute Gasteiger partial charge is 0.491 e. The average molecular weight is 368 g/mol. The molecule has 1 fully saturated rings. The number of nitrogens with one attached hydrogen (secondary N) is 1. The van der Waals surface area contributed by atoms with Crippen LogP contribution in [0.2, 0.25) is 0 Å². The zero-order valence-electron chi connectivity index (χ0n) is 15.8. The minimum Gasteiger partial charge on any atom is -0.491 e. The third-order valence-corrected chi connectivity index (χ3v) is 4.91. The first-order valence-corrected chi connectivity index (χ1v) is 9.56. The number of ether oxygens (including phenoxy) is 1. The number of piperidine rings is 1. The lowest BCUT2D eigenvalue weighted by molar-refractivity contribution is -0.121. The van der Waals surface area contributed by atoms with E-state index in [0.717, 1.165) is 36.4 Å². The van der Waals surface area contributed by atoms with E-state index in [-0.39, 0.29) is 18.4 Å². The molecule has 3 rings (SSSR count). The van der Waals surface area contributed by atoms with E-state index in [1.807, 2.05) is 61.5 Å². The van der Waals surface area contributed by atoms with Crippen LogP contribution < -0.4 is 10.1 Å². The Bertz CT molecular complexity index is 735. The van der Waals surface area contributed by atoms with Crippen LogP contribution in [0.15, 0.2) is 54.6 Å². The number of β-amino-alcohol motifs (C(OH)–C–C–N with tert-alkyl or cyclic N) is 1. The van der Waals surface area contributed by atoms with Crippen LogP contribution in [0.4, 0.5) is 5.69 Å². The maximum Gasteiger partial charge on any atom is 0.228 e. The smallest absolute Gasteiger partial charge is 0.228 e. The molecule has 0 aromatic heterocycles. The predicted octanol–water partition coefficient (Wildman–Crippen LogP) is 3.09. The standard InChI is InChI=1S/C22H28N2O3/c1-17-8-5-6-12-21(17)27-16-20(25)15-24-13-7-9-18(14-24)22(26)23-19-10-3-2-4-11-19/h2-6,8,10-12,18,20,25H,7,9,13-16H2,1H3,(H,23,26)/t18-,20+/m1/s1. The van der Waals surface area contributed by atoms with E-state index >= 15 is 0 Å². The molecule has 1 amide bonds. The first-order valence-electron chi connectivity index (χ1n) is 9.56. The monoisotopic (exact) mass is 368 g/mol. The van der Waals surface area contributed by atoms with Gasteiger partial charge in [-0.25, -0.2) is 0 Å². The molecule has 2 N–H and O–H groups in total. The molecule has 2 aromatic rings. The lowest BCUT2D eigenvalue weighted by atomic mass is 9.96. The molecule has 1 saturated heterocycles. The SMILES string of the molecule is Cc1ccccc1OC[C@@H](O)CN1CCC[C@@H](C(=O)Nc2ccccc2)C1. The fourth-order valence-corrected chi connectivity index (χ4v) is 3.46. The Morgan fingerprint density at radius 1 is 1.22 bits per heavy atom. The Labute approximate surface area is 161 Å². The number of likely N-dealkylation sites (tertiary alicyclic amines) is 1. The molecule has 0 aliphatic carbocycles. The summed E-state index contributed by atoms with van der Waals surface area (Å²) >= 11 is 0. The number of hydrogen-bond donors (Lipinski definition) is 2. The quantitative estimate of drug-likeness (QED) is 0.788. The van der Waals surface area contributed by atoms with Crippen LogP contribution in [0.5, 0.6) is 5.75 Å². The van der Waals surface area contributed by atoms with Crippen molar-refractivity contribution in [1.29, 1.82) is 0 Å². The number of nitrogens with zero attached hydrogens (tertiary/aromatic N) is 1. The fraction of sp³-hybridized carbons (Fsp3) is 0.409. The van der Waals surface area contributed by atoms with Gasteiger partial charge in [-0.1, -0.05) is 36.4 Å². The van der Waals surface area contributed by atoms with Gasteiger partial charge in [-0.3, -0.25) is 9.69 Å². The number of benzene rings is 2. The molecule has 144 valence electrons. The molecule has 0 unspecified atom stereocenters. The number of aliphatic hydroxyl groups is 1. The van der Waals surface area contributed by atoms with Crippen molar-refractivity contribution < 1.29 is 14.6 Å². The second-order valence-electron chi connectivity index (χ2n) is 7.18. The van der Waals surface area contributed by atoms with Crippen molar-refractivity contribution in [2.75, 3.05) is 31.6 Å². The van der Waals surface area contributed by atoms with E-state index in [1.165, 1.54) is 0 Å². The number of anilines is 1. The molecule has 0 spiro atoms. The Kier molecular flexibility index (Phi) is 6.85. The maximum absolute atomic E-state index is 12.5. The second kappa shape index (κ2) is 9.53. The lowest BCUT2D eigenvalue weighted by Crippen LogP contribution is -2.44. The van der Waals surface area contributed by atoms with Gasteiger partial charge in [-0.15, -0.1) is 0 Å². The van der Waals surface area contributed by atoms with E-state index in [9.17, 15) is 9.90 Å². The maximum atomic E-state index is 12.5. The van der Waals surface area contributed by atoms with Gasteiger partial charge in [-0.05, 0) is 50.1 Å². The third-order valence-electron chi connectivity index (χ3n) is 4.91. The lowest BCUT2D eigenvalue weighted by Gasteiger charge is -2.33. The normalized spacial score (nSPS) is 18.7. The van der Waals surface area contributed by atoms with Crippen LogP contribution in [-0.2, 0) is 4.79 Å². The highest BCUT2D eigenvalue weighted by molar-refractivity contribution is 5.92. The summed E-state index contributed by atoms with van der Waals surface area (Å²) in [6, 6.07) is 17.3. The van der Waals surface area contributed by atoms with E-state index in [1.54, 1.807) is 0 Å². The molecule has 5 heteroatoms. The van der Waals surface area contributed by atoms with E-state index in [0.29, 0.717) is 13.1 Å². The van der Waals surface area contributed by atoms with Gasteiger partial charge in [-0.2, -0.15) is 0 Å². The minimum absolute atomic E-state index is 0.0524. The van der Waals surface area contributed by atoms with Crippen molar-refractivity contribution in [3.05, 3.63) is 60.2 Å². The Hall–Kier alpha value is -2.37. The van der Waals surface area contributed by atoms with Gasteiger partial charge in [0.15, 0.2) is 0 Å². The van der Waals surface area contributed by atoms with Crippen molar-refractivity contribution in [3.63, 3.8) is 0 Å². The molecule has 1 aliphatic rings. The van der Waals surface area contributed by atoms with Crippen molar-refractivity contribution in [2.24, 2.45) is 5.92 Å². The molecule has 1 aliphatic heterocycles. The molecule has 0 radical (unpaired) electrons. The van der Waals surface area contributed by atoms with Gasteiger partial charge in [0, 0.05) is 18.8 Å². The Morgan fingerprint density at radius 3 is 2.74 bits per heavy atom. The van der Waals surface area contributed by atoms with E-state index in [2.05, 4.69) is 10.2 Å². The number of carbonyl (C=O) groups is 1. The Balaban J connectivity index is 1.46. The molecule has 2 aromatic carbocycles. The van der Waals surface area contributed by atoms with Gasteiger partial charge >= 0.3 is 0 Å². The van der Waals surface area contributed by atoms with Gasteiger partial charge < -0.3 is 15.2 Å². The number of rotatable bonds is 7. The molecular weight excluding hydrogens is 340 g/mol. The summed E-state index contributed by atoms with van der Waals surface area (Å²) in [5, 5.41) is 13.3. The zero-order chi connectivity index (χ0) is 19.1. The zero-order valence-corrected chi connectivity index (χ0v) is 15.8. The third kappa shape index (κ3) is 5.81. The van der Waals surface area contributed by atoms with Gasteiger partial charge in [0.05, 0.1) is 5.92 Å². The fourth-order valence-electron chi connectivity index (χ4n) is 3.46. The molecule has 0 bridgehead atoms. The number of hydrogen-bond acceptors (Lipinski definition) is 4. The minimum atomic E-state index is -0.583. The molecule has 0 saturated carbocycles.